The van der Waals surface area contributed by atoms with Crippen LogP contribution in [0.3, 0.4) is 0 Å². The average Bonchev–Trinajstić information content (AvgIpc) is 2.35. The summed E-state index contributed by atoms with van der Waals surface area (Å²) in [6, 6.07) is 8.42. The van der Waals surface area contributed by atoms with Crippen molar-refractivity contribution in [3.8, 4) is 0 Å². The van der Waals surface area contributed by atoms with E-state index in [4.69, 9.17) is 0 Å². The number of aliphatic hydroxyl groups excluding tert-OH is 1. The van der Waals surface area contributed by atoms with E-state index in [9.17, 15) is 5.11 Å². The van der Waals surface area contributed by atoms with E-state index in [-0.39, 0.29) is 6.10 Å². The molecule has 0 saturated carbocycles. The number of aliphatic hydroxyl groups is 1. The Balaban J connectivity index is 2.30. The van der Waals surface area contributed by atoms with Crippen LogP contribution in [-0.4, -0.2) is 11.2 Å². The maximum absolute atomic E-state index is 10.3. The molecule has 0 radical (unpaired) electrons. The van der Waals surface area contributed by atoms with Gasteiger partial charge in [0.15, 0.2) is 0 Å². The smallest absolute Gasteiger partial charge is 0.0803 e. The minimum absolute atomic E-state index is 0.328. The van der Waals surface area contributed by atoms with Crippen LogP contribution < -0.4 is 0 Å². The third kappa shape index (κ3) is 2.80. The van der Waals surface area contributed by atoms with Gasteiger partial charge in [-0.15, -0.1) is 0 Å². The van der Waals surface area contributed by atoms with Gasteiger partial charge in [-0.1, -0.05) is 60.0 Å². The van der Waals surface area contributed by atoms with Crippen molar-refractivity contribution in [2.75, 3.05) is 0 Å². The van der Waals surface area contributed by atoms with Crippen molar-refractivity contribution < 1.29 is 5.11 Å². The molecule has 1 aliphatic carbocycles. The average molecular weight is 295 g/mol. The Bertz CT molecular complexity index is 423. The summed E-state index contributed by atoms with van der Waals surface area (Å²) in [5, 5.41) is 10.3. The molecule has 1 N–H and O–H groups in total. The van der Waals surface area contributed by atoms with Gasteiger partial charge in [-0.2, -0.15) is 0 Å². The second-order valence-electron chi connectivity index (χ2n) is 4.63. The highest BCUT2D eigenvalue weighted by Gasteiger charge is 2.22. The number of hydrogen-bond donors (Lipinski definition) is 1. The molecule has 2 heteroatoms. The van der Waals surface area contributed by atoms with Crippen LogP contribution in [0.25, 0.3) is 5.57 Å². The summed E-state index contributed by atoms with van der Waals surface area (Å²) in [6.45, 7) is 2.16. The van der Waals surface area contributed by atoms with E-state index in [1.807, 2.05) is 0 Å². The Labute approximate surface area is 112 Å². The van der Waals surface area contributed by atoms with Gasteiger partial charge in [0, 0.05) is 4.48 Å². The number of unbranched alkanes of at least 4 members (excludes halogenated alkanes) is 1. The van der Waals surface area contributed by atoms with Crippen molar-refractivity contribution in [3.05, 3.63) is 39.9 Å². The summed E-state index contributed by atoms with van der Waals surface area (Å²) in [5.41, 5.74) is 3.70. The van der Waals surface area contributed by atoms with Gasteiger partial charge in [0.2, 0.25) is 0 Å². The zero-order valence-corrected chi connectivity index (χ0v) is 11.8. The van der Waals surface area contributed by atoms with Gasteiger partial charge in [0.05, 0.1) is 6.10 Å². The molecule has 1 atom stereocenters. The fourth-order valence-electron chi connectivity index (χ4n) is 2.43. The molecule has 92 valence electrons. The maximum atomic E-state index is 10.3. The molecule has 0 aromatic heterocycles. The van der Waals surface area contributed by atoms with E-state index in [0.717, 1.165) is 37.7 Å². The van der Waals surface area contributed by atoms with Crippen LogP contribution in [0.1, 0.15) is 43.7 Å². The number of halogens is 1. The van der Waals surface area contributed by atoms with Gasteiger partial charge in [-0.25, -0.2) is 0 Å². The molecule has 1 unspecified atom stereocenters. The lowest BCUT2D eigenvalue weighted by atomic mass is 9.86. The molecule has 0 saturated heterocycles. The van der Waals surface area contributed by atoms with Gasteiger partial charge >= 0.3 is 0 Å². The molecule has 0 amide bonds. The van der Waals surface area contributed by atoms with Gasteiger partial charge in [-0.05, 0) is 36.0 Å². The van der Waals surface area contributed by atoms with E-state index in [0.29, 0.717) is 0 Å². The first kappa shape index (κ1) is 12.8. The van der Waals surface area contributed by atoms with Gasteiger partial charge in [-0.3, -0.25) is 0 Å². The van der Waals surface area contributed by atoms with Crippen LogP contribution in [0.15, 0.2) is 28.7 Å². The minimum Gasteiger partial charge on any atom is -0.388 e. The molecular formula is C15H19BrO. The number of rotatable bonds is 4. The zero-order valence-electron chi connectivity index (χ0n) is 10.2. The molecule has 1 aliphatic rings. The first-order valence-corrected chi connectivity index (χ1v) is 7.18. The molecule has 1 nitrogen and oxygen atoms in total. The maximum Gasteiger partial charge on any atom is 0.0803 e. The van der Waals surface area contributed by atoms with E-state index in [1.165, 1.54) is 15.6 Å². The molecule has 1 aromatic carbocycles. The molecule has 17 heavy (non-hydrogen) atoms. The van der Waals surface area contributed by atoms with Crippen LogP contribution in [0.4, 0.5) is 0 Å². The fourth-order valence-corrected chi connectivity index (χ4v) is 3.10. The Kier molecular flexibility index (Phi) is 4.41. The Morgan fingerprint density at radius 3 is 2.82 bits per heavy atom. The van der Waals surface area contributed by atoms with E-state index in [1.54, 1.807) is 0 Å². The first-order valence-electron chi connectivity index (χ1n) is 6.39. The monoisotopic (exact) mass is 294 g/mol. The molecule has 2 rings (SSSR count). The second-order valence-corrected chi connectivity index (χ2v) is 5.59. The summed E-state index contributed by atoms with van der Waals surface area (Å²) in [5.74, 6) is 0. The predicted octanol–water partition coefficient (Wildman–Crippen LogP) is 4.29. The topological polar surface area (TPSA) is 20.2 Å². The molecule has 0 spiro atoms. The third-order valence-electron chi connectivity index (χ3n) is 3.38. The van der Waals surface area contributed by atoms with Crippen LogP contribution in [0, 0.1) is 0 Å². The van der Waals surface area contributed by atoms with Crippen molar-refractivity contribution in [2.24, 2.45) is 0 Å². The Morgan fingerprint density at radius 1 is 1.29 bits per heavy atom. The highest BCUT2D eigenvalue weighted by molar-refractivity contribution is 9.11. The van der Waals surface area contributed by atoms with Crippen LogP contribution >= 0.6 is 15.9 Å². The normalized spacial score (nSPS) is 16.9. The molecule has 0 heterocycles. The standard InChI is InChI=1S/C15H19BrO/c1-2-3-8-14(17)15-12-7-5-4-6-11(12)9-10-13(15)16/h4-7,14,17H,2-3,8-10H2,1H3. The Hall–Kier alpha value is -0.600. The lowest BCUT2D eigenvalue weighted by Crippen LogP contribution is -2.15. The van der Waals surface area contributed by atoms with Crippen molar-refractivity contribution in [1.29, 1.82) is 0 Å². The summed E-state index contributed by atoms with van der Waals surface area (Å²) < 4.78 is 1.18. The van der Waals surface area contributed by atoms with Gasteiger partial charge in [0.1, 0.15) is 0 Å². The van der Waals surface area contributed by atoms with Gasteiger partial charge < -0.3 is 5.11 Å². The minimum atomic E-state index is -0.328. The predicted molar refractivity (Wildman–Crippen MR) is 76.1 cm³/mol. The molecule has 0 bridgehead atoms. The van der Waals surface area contributed by atoms with Crippen molar-refractivity contribution in [1.82, 2.24) is 0 Å². The number of fused-ring (bicyclic) bond motifs is 1. The van der Waals surface area contributed by atoms with Crippen molar-refractivity contribution >= 4 is 21.5 Å². The summed E-state index contributed by atoms with van der Waals surface area (Å²) >= 11 is 3.64. The molecule has 0 fully saturated rings. The van der Waals surface area contributed by atoms with Gasteiger partial charge in [0.25, 0.3) is 0 Å². The molecule has 0 aliphatic heterocycles. The van der Waals surface area contributed by atoms with Crippen molar-refractivity contribution in [3.63, 3.8) is 0 Å². The summed E-state index contributed by atoms with van der Waals surface area (Å²) in [4.78, 5) is 0. The highest BCUT2D eigenvalue weighted by atomic mass is 79.9. The van der Waals surface area contributed by atoms with Crippen molar-refractivity contribution in [2.45, 2.75) is 45.1 Å². The van der Waals surface area contributed by atoms with Crippen LogP contribution in [0.5, 0.6) is 0 Å². The Morgan fingerprint density at radius 2 is 2.06 bits per heavy atom. The largest absolute Gasteiger partial charge is 0.388 e. The first-order chi connectivity index (χ1) is 8.24. The van der Waals surface area contributed by atoms with Crippen LogP contribution in [0.2, 0.25) is 0 Å². The van der Waals surface area contributed by atoms with E-state index in [2.05, 4.69) is 47.1 Å². The number of hydrogen-bond acceptors (Lipinski definition) is 1. The second kappa shape index (κ2) is 5.83. The molecule has 1 aromatic rings. The van der Waals surface area contributed by atoms with E-state index >= 15 is 0 Å². The lowest BCUT2D eigenvalue weighted by molar-refractivity contribution is 0.217. The number of allylic oxidation sites excluding steroid dienone is 1. The summed E-state index contributed by atoms with van der Waals surface area (Å²) in [6.07, 6.45) is 4.81. The highest BCUT2D eigenvalue weighted by Crippen LogP contribution is 2.37. The fraction of sp³-hybridized carbons (Fsp3) is 0.467. The third-order valence-corrected chi connectivity index (χ3v) is 4.20. The lowest BCUT2D eigenvalue weighted by Gasteiger charge is -2.24. The van der Waals surface area contributed by atoms with E-state index < -0.39 is 0 Å². The number of aryl methyl sites for hydroxylation is 1. The quantitative estimate of drug-likeness (QED) is 0.878. The number of benzene rings is 1. The SMILES string of the molecule is CCCCC(O)C1=C(Br)CCc2ccccc21. The summed E-state index contributed by atoms with van der Waals surface area (Å²) in [7, 11) is 0. The zero-order chi connectivity index (χ0) is 12.3. The van der Waals surface area contributed by atoms with Crippen LogP contribution in [-0.2, 0) is 6.42 Å². The molecular weight excluding hydrogens is 276 g/mol.